The number of nitrogens with two attached hydrogens (primary N) is 1. The summed E-state index contributed by atoms with van der Waals surface area (Å²) in [5.74, 6) is -0.558. The van der Waals surface area contributed by atoms with Gasteiger partial charge in [-0.25, -0.2) is 0 Å². The minimum Gasteiger partial charge on any atom is -0.380 e. The quantitative estimate of drug-likeness (QED) is 0.575. The molecule has 0 aromatic heterocycles. The number of aliphatic hydroxyl groups is 1. The number of carbonyl (C=O) groups is 1. The molecule has 2 aliphatic heterocycles. The van der Waals surface area contributed by atoms with E-state index in [2.05, 4.69) is 11.9 Å². The van der Waals surface area contributed by atoms with Crippen LogP contribution in [0.4, 0.5) is 0 Å². The highest BCUT2D eigenvalue weighted by Gasteiger charge is 2.48. The first kappa shape index (κ1) is 8.97. The maximum Gasteiger partial charge on any atom is 0.249 e. The van der Waals surface area contributed by atoms with Gasteiger partial charge in [-0.2, -0.15) is 0 Å². The summed E-state index contributed by atoms with van der Waals surface area (Å²) in [6.45, 7) is 0. The first-order valence-corrected chi connectivity index (χ1v) is 4.77. The number of nitrogens with zero attached hydrogens (tertiary/aromatic N) is 1. The SMILES string of the molecule is CN1C2CCC1CC(O)(C(N)=O)C2. The number of carbonyl (C=O) groups excluding carboxylic acids is 1. The molecule has 4 nitrogen and oxygen atoms in total. The third-order valence-corrected chi connectivity index (χ3v) is 3.59. The molecule has 2 rings (SSSR count). The van der Waals surface area contributed by atoms with E-state index >= 15 is 0 Å². The van der Waals surface area contributed by atoms with Gasteiger partial charge in [-0.15, -0.1) is 0 Å². The highest BCUT2D eigenvalue weighted by Crippen LogP contribution is 2.39. The minimum absolute atomic E-state index is 0.344. The summed E-state index contributed by atoms with van der Waals surface area (Å²) in [6.07, 6.45) is 3.18. The molecule has 74 valence electrons. The molecule has 4 heteroatoms. The maximum absolute atomic E-state index is 11.1. The zero-order chi connectivity index (χ0) is 9.64. The highest BCUT2D eigenvalue weighted by molar-refractivity contribution is 5.83. The number of primary amides is 1. The number of piperidine rings is 1. The lowest BCUT2D eigenvalue weighted by atomic mass is 9.86. The molecule has 2 heterocycles. The van der Waals surface area contributed by atoms with Gasteiger partial charge < -0.3 is 15.7 Å². The third-order valence-electron chi connectivity index (χ3n) is 3.59. The average molecular weight is 184 g/mol. The highest BCUT2D eigenvalue weighted by atomic mass is 16.3. The van der Waals surface area contributed by atoms with Crippen molar-refractivity contribution in [3.05, 3.63) is 0 Å². The Labute approximate surface area is 77.7 Å². The van der Waals surface area contributed by atoms with Crippen LogP contribution in [0.25, 0.3) is 0 Å². The van der Waals surface area contributed by atoms with Crippen LogP contribution in [0.1, 0.15) is 25.7 Å². The van der Waals surface area contributed by atoms with Gasteiger partial charge in [0.25, 0.3) is 0 Å². The fourth-order valence-corrected chi connectivity index (χ4v) is 2.65. The lowest BCUT2D eigenvalue weighted by molar-refractivity contribution is -0.143. The van der Waals surface area contributed by atoms with Crippen LogP contribution >= 0.6 is 0 Å². The molecular formula is C9H16N2O2. The predicted molar refractivity (Wildman–Crippen MR) is 48.0 cm³/mol. The predicted octanol–water partition coefficient (Wildman–Crippen LogP) is -0.541. The van der Waals surface area contributed by atoms with Crippen molar-refractivity contribution in [2.45, 2.75) is 43.4 Å². The Morgan fingerprint density at radius 2 is 1.92 bits per heavy atom. The van der Waals surface area contributed by atoms with E-state index < -0.39 is 11.5 Å². The lowest BCUT2D eigenvalue weighted by Crippen LogP contribution is -2.55. The minimum atomic E-state index is -1.24. The van der Waals surface area contributed by atoms with Crippen molar-refractivity contribution in [3.63, 3.8) is 0 Å². The molecular weight excluding hydrogens is 168 g/mol. The van der Waals surface area contributed by atoms with E-state index in [9.17, 15) is 9.90 Å². The third kappa shape index (κ3) is 1.25. The summed E-state index contributed by atoms with van der Waals surface area (Å²) in [7, 11) is 2.06. The van der Waals surface area contributed by atoms with E-state index in [-0.39, 0.29) is 0 Å². The molecule has 0 saturated carbocycles. The van der Waals surface area contributed by atoms with Crippen molar-refractivity contribution in [1.82, 2.24) is 4.90 Å². The van der Waals surface area contributed by atoms with E-state index in [1.807, 2.05) is 0 Å². The van der Waals surface area contributed by atoms with Gasteiger partial charge in [-0.1, -0.05) is 0 Å². The standard InChI is InChI=1S/C9H16N2O2/c1-11-6-2-3-7(11)5-9(13,4-6)8(10)12/h6-7,13H,2-5H2,1H3,(H2,10,12). The lowest BCUT2D eigenvalue weighted by Gasteiger charge is -2.40. The second-order valence-corrected chi connectivity index (χ2v) is 4.35. The number of fused-ring (bicyclic) bond motifs is 2. The summed E-state index contributed by atoms with van der Waals surface area (Å²) >= 11 is 0. The fraction of sp³-hybridized carbons (Fsp3) is 0.889. The van der Waals surface area contributed by atoms with Gasteiger partial charge in [-0.3, -0.25) is 4.79 Å². The van der Waals surface area contributed by atoms with Crippen molar-refractivity contribution in [3.8, 4) is 0 Å². The molecule has 2 saturated heterocycles. The molecule has 2 bridgehead atoms. The molecule has 3 N–H and O–H groups in total. The van der Waals surface area contributed by atoms with E-state index in [1.54, 1.807) is 0 Å². The van der Waals surface area contributed by atoms with E-state index in [4.69, 9.17) is 5.73 Å². The summed E-state index contributed by atoms with van der Waals surface area (Å²) < 4.78 is 0. The van der Waals surface area contributed by atoms with Crippen molar-refractivity contribution < 1.29 is 9.90 Å². The van der Waals surface area contributed by atoms with Gasteiger partial charge in [0.1, 0.15) is 5.60 Å². The zero-order valence-electron chi connectivity index (χ0n) is 7.86. The number of hydrogen-bond acceptors (Lipinski definition) is 3. The molecule has 1 amide bonds. The Bertz CT molecular complexity index is 228. The Morgan fingerprint density at radius 1 is 1.46 bits per heavy atom. The van der Waals surface area contributed by atoms with Crippen LogP contribution in [0.5, 0.6) is 0 Å². The maximum atomic E-state index is 11.1. The van der Waals surface area contributed by atoms with Gasteiger partial charge in [0.15, 0.2) is 0 Å². The second kappa shape index (κ2) is 2.69. The van der Waals surface area contributed by atoms with Crippen molar-refractivity contribution in [2.24, 2.45) is 5.73 Å². The summed E-state index contributed by atoms with van der Waals surface area (Å²) in [4.78, 5) is 13.3. The van der Waals surface area contributed by atoms with Crippen LogP contribution in [-0.4, -0.2) is 40.6 Å². The number of amides is 1. The van der Waals surface area contributed by atoms with Crippen molar-refractivity contribution >= 4 is 5.91 Å². The summed E-state index contributed by atoms with van der Waals surface area (Å²) in [6, 6.07) is 0.687. The number of rotatable bonds is 1. The largest absolute Gasteiger partial charge is 0.380 e. The molecule has 2 aliphatic rings. The van der Waals surface area contributed by atoms with Crippen LogP contribution in [0.3, 0.4) is 0 Å². The number of hydrogen-bond donors (Lipinski definition) is 2. The summed E-state index contributed by atoms with van der Waals surface area (Å²) in [5.41, 5.74) is 3.95. The topological polar surface area (TPSA) is 66.6 Å². The van der Waals surface area contributed by atoms with E-state index in [0.29, 0.717) is 24.9 Å². The molecule has 2 unspecified atom stereocenters. The zero-order valence-corrected chi connectivity index (χ0v) is 7.86. The molecule has 0 radical (unpaired) electrons. The Kier molecular flexibility index (Phi) is 1.85. The van der Waals surface area contributed by atoms with Gasteiger partial charge in [0.2, 0.25) is 5.91 Å². The van der Waals surface area contributed by atoms with Crippen LogP contribution in [0, 0.1) is 0 Å². The molecule has 0 aliphatic carbocycles. The Hall–Kier alpha value is -0.610. The summed E-state index contributed by atoms with van der Waals surface area (Å²) in [5, 5.41) is 9.95. The smallest absolute Gasteiger partial charge is 0.249 e. The van der Waals surface area contributed by atoms with E-state index in [1.165, 1.54) is 0 Å². The van der Waals surface area contributed by atoms with Gasteiger partial charge in [0.05, 0.1) is 0 Å². The van der Waals surface area contributed by atoms with Gasteiger partial charge in [-0.05, 0) is 19.9 Å². The first-order valence-electron chi connectivity index (χ1n) is 4.77. The van der Waals surface area contributed by atoms with Crippen molar-refractivity contribution in [1.29, 1.82) is 0 Å². The average Bonchev–Trinajstić information content (AvgIpc) is 2.33. The monoisotopic (exact) mass is 184 g/mol. The van der Waals surface area contributed by atoms with Crippen LogP contribution in [0.2, 0.25) is 0 Å². The molecule has 0 aromatic carbocycles. The Morgan fingerprint density at radius 3 is 2.31 bits per heavy atom. The molecule has 13 heavy (non-hydrogen) atoms. The molecule has 2 atom stereocenters. The molecule has 0 aromatic rings. The van der Waals surface area contributed by atoms with Crippen molar-refractivity contribution in [2.75, 3.05) is 7.05 Å². The molecule has 2 fully saturated rings. The van der Waals surface area contributed by atoms with Crippen LogP contribution < -0.4 is 5.73 Å². The normalized spacial score (nSPS) is 45.1. The van der Waals surface area contributed by atoms with Crippen LogP contribution in [0.15, 0.2) is 0 Å². The van der Waals surface area contributed by atoms with Crippen LogP contribution in [-0.2, 0) is 4.79 Å². The Balaban J connectivity index is 2.19. The van der Waals surface area contributed by atoms with Gasteiger partial charge >= 0.3 is 0 Å². The molecule has 0 spiro atoms. The first-order chi connectivity index (χ1) is 6.03. The van der Waals surface area contributed by atoms with Gasteiger partial charge in [0, 0.05) is 24.9 Å². The fourth-order valence-electron chi connectivity index (χ4n) is 2.65. The van der Waals surface area contributed by atoms with E-state index in [0.717, 1.165) is 12.8 Å². The second-order valence-electron chi connectivity index (χ2n) is 4.35.